The van der Waals surface area contributed by atoms with Gasteiger partial charge in [0.05, 0.1) is 41.3 Å². The molecule has 2 saturated heterocycles. The van der Waals surface area contributed by atoms with Crippen LogP contribution in [0.5, 0.6) is 46.0 Å². The summed E-state index contributed by atoms with van der Waals surface area (Å²) in [6, 6.07) is -0.679. The Morgan fingerprint density at radius 2 is 1.31 bits per heavy atom. The number of fused-ring (bicyclic) bond motifs is 15. The van der Waals surface area contributed by atoms with E-state index in [1.54, 1.807) is 0 Å². The Balaban J connectivity index is 0.0000121. The molecule has 18 atom stereocenters. The summed E-state index contributed by atoms with van der Waals surface area (Å²) < 4.78 is 38.3. The molecule has 7 aliphatic rings. The molecule has 0 radical (unpaired) electrons. The van der Waals surface area contributed by atoms with Crippen LogP contribution in [-0.2, 0) is 52.6 Å². The van der Waals surface area contributed by atoms with Crippen LogP contribution in [0.25, 0.3) is 11.1 Å². The van der Waals surface area contributed by atoms with Gasteiger partial charge in [0.25, 0.3) is 0 Å². The molecule has 5 aromatic carbocycles. The average molecular weight is 1490 g/mol. The number of rotatable bonds is 13. The van der Waals surface area contributed by atoms with Crippen LogP contribution in [0.15, 0.2) is 78.9 Å². The van der Waals surface area contributed by atoms with Crippen LogP contribution in [0, 0.1) is 5.92 Å². The largest absolute Gasteiger partial charge is 0.508 e. The predicted molar refractivity (Wildman–Crippen MR) is 357 cm³/mol. The number of phenolic OH excluding ortho intramolecular Hbond substituents is 3. The number of aliphatic hydroxyl groups excluding tert-OH is 6. The molecular formula is C66H76Cl3N9O24. The molecule has 21 N–H and O–H groups in total. The molecule has 0 aliphatic carbocycles. The van der Waals surface area contributed by atoms with Crippen LogP contribution in [0.3, 0.4) is 0 Å². The highest BCUT2D eigenvalue weighted by Gasteiger charge is 2.51. The zero-order chi connectivity index (χ0) is 73.5. The van der Waals surface area contributed by atoms with Gasteiger partial charge in [-0.15, -0.1) is 12.4 Å². The summed E-state index contributed by atoms with van der Waals surface area (Å²) in [6.07, 6.45) is -18.6. The van der Waals surface area contributed by atoms with E-state index < -0.39 is 237 Å². The topological polar surface area (TPSA) is 530 Å². The molecule has 7 heterocycles. The minimum atomic E-state index is -2.35. The maximum absolute atomic E-state index is 16.0. The van der Waals surface area contributed by atoms with Gasteiger partial charge in [0.1, 0.15) is 89.5 Å². The third-order valence-corrected chi connectivity index (χ3v) is 18.4. The summed E-state index contributed by atoms with van der Waals surface area (Å²) in [7, 11) is 1.47. The molecule has 550 valence electrons. The number of primary amides is 1. The fraction of sp³-hybridized carbons (Fsp3) is 0.424. The van der Waals surface area contributed by atoms with E-state index >= 15 is 14.4 Å². The van der Waals surface area contributed by atoms with E-state index in [0.29, 0.717) is 0 Å². The zero-order valence-corrected chi connectivity index (χ0v) is 57.1. The van der Waals surface area contributed by atoms with E-state index in [-0.39, 0.29) is 58.6 Å². The molecule has 0 spiro atoms. The molecule has 102 heavy (non-hydrogen) atoms. The number of nitrogens with two attached hydrogens (primary N) is 2. The Labute approximate surface area is 596 Å². The lowest BCUT2D eigenvalue weighted by Gasteiger charge is -2.47. The normalized spacial score (nSPS) is 29.1. The van der Waals surface area contributed by atoms with Crippen molar-refractivity contribution in [3.8, 4) is 57.1 Å². The van der Waals surface area contributed by atoms with Crippen LogP contribution in [0.4, 0.5) is 0 Å². The Kier molecular flexibility index (Phi) is 23.8. The standard InChI is InChI=1S/C66H75Cl2N9O24.ClH/c1-23(2)12-34(71-5)58(88)76-49-51(83)26-7-10-38(32(67)14-26)97-40-16-28-17-41(55(40)101-65-56(54(86)53(85)42(22-78)99-65)100-44-21-66(4,70)57(87)24(3)96-44)98-39-11-8-27(15-33(39)68)52(84)50-63(93)75-48(64(94)95)31-18-29(79)19-37(81)45(31)30-13-25(6-9-36(30)80)46(60(90)77-50)74-61(91)47(28)73-59(89)35(20-43(69)82)72-62(49)92;/h6-11,13-19,23-24,34-35,42,44,46-54,56-57,65,71,78-81,83-87H,12,20-22,70H2,1-5H3,(H2,69,82)(H,72,92)(H,73,89)(H,74,91)(H,75,93)(H,76,88)(H,77,90)(H,94,95);1H/t24-,34+,35-,42+,44-,46+,47+,48-,49?,50-,51+,52+,53?,54-,56+,57+,65-,66-;/m0./s1. The Morgan fingerprint density at radius 3 is 1.89 bits per heavy atom. The molecule has 2 fully saturated rings. The molecule has 11 bridgehead atoms. The third kappa shape index (κ3) is 16.3. The number of carboxylic acid groups (broad SMARTS) is 1. The maximum Gasteiger partial charge on any atom is 0.330 e. The van der Waals surface area contributed by atoms with Gasteiger partial charge in [-0.2, -0.15) is 0 Å². The van der Waals surface area contributed by atoms with E-state index in [0.717, 1.165) is 66.7 Å². The number of carboxylic acids is 1. The first-order valence-corrected chi connectivity index (χ1v) is 32.4. The average Bonchev–Trinajstić information content (AvgIpc) is 0.773. The second-order valence-electron chi connectivity index (χ2n) is 25.7. The van der Waals surface area contributed by atoms with Gasteiger partial charge in [-0.25, -0.2) is 4.79 Å². The summed E-state index contributed by atoms with van der Waals surface area (Å²) in [4.78, 5) is 117. The minimum absolute atomic E-state index is 0. The number of ether oxygens (including phenoxy) is 6. The van der Waals surface area contributed by atoms with E-state index in [4.69, 9.17) is 63.1 Å². The van der Waals surface area contributed by atoms with Crippen molar-refractivity contribution in [2.75, 3.05) is 13.7 Å². The molecule has 7 aliphatic heterocycles. The molecular weight excluding hydrogens is 1410 g/mol. The molecule has 12 rings (SSSR count). The molecule has 0 aromatic heterocycles. The lowest BCUT2D eigenvalue weighted by molar-refractivity contribution is -0.333. The van der Waals surface area contributed by atoms with Crippen molar-refractivity contribution < 1.29 is 118 Å². The maximum atomic E-state index is 16.0. The van der Waals surface area contributed by atoms with Gasteiger partial charge in [0.15, 0.2) is 29.9 Å². The van der Waals surface area contributed by atoms with Crippen molar-refractivity contribution in [1.82, 2.24) is 37.2 Å². The van der Waals surface area contributed by atoms with E-state index in [2.05, 4.69) is 37.2 Å². The van der Waals surface area contributed by atoms with Crippen LogP contribution < -0.4 is 62.9 Å². The summed E-state index contributed by atoms with van der Waals surface area (Å²) >= 11 is 14.1. The van der Waals surface area contributed by atoms with E-state index in [1.165, 1.54) is 33.0 Å². The number of likely N-dealkylation sites (N-methyl/N-ethyl adjacent to an activating group) is 1. The highest BCUT2D eigenvalue weighted by molar-refractivity contribution is 6.32. The predicted octanol–water partition coefficient (Wildman–Crippen LogP) is 0.528. The first kappa shape index (κ1) is 77.3. The zero-order valence-electron chi connectivity index (χ0n) is 54.7. The number of aromatic hydroxyl groups is 3. The van der Waals surface area contributed by atoms with Gasteiger partial charge < -0.3 is 128 Å². The SMILES string of the molecule is CN[C@H](CC(C)C)C(=O)NC1C(=O)N[C@@H](CC(N)=O)C(=O)N[C@H]2C(=O)N[C@H]3C(=O)N[C@H](C(=O)N[C@H](C(=O)O)c4cc(O)cc(O)c4-c4cc3ccc4O)[C@H](O)c3ccc(c(Cl)c3)Oc3cc2cc(c3O[C@@H]2O[C@H](CO)C(O)[C@H](O)[C@H]2O[C@H]2C[C@](C)(N)[C@H](O)[C@H](C)O2)Oc2ccc(cc2Cl)[C@H]1O.Cl. The van der Waals surface area contributed by atoms with Crippen LogP contribution in [0.2, 0.25) is 10.0 Å². The Morgan fingerprint density at radius 1 is 0.716 bits per heavy atom. The fourth-order valence-corrected chi connectivity index (χ4v) is 12.9. The third-order valence-electron chi connectivity index (χ3n) is 17.8. The molecule has 7 amide bonds. The lowest BCUT2D eigenvalue weighted by Crippen LogP contribution is -2.64. The second-order valence-corrected chi connectivity index (χ2v) is 26.5. The van der Waals surface area contributed by atoms with Crippen molar-refractivity contribution in [3.63, 3.8) is 0 Å². The highest BCUT2D eigenvalue weighted by Crippen LogP contribution is 2.50. The molecule has 0 saturated carbocycles. The smallest absolute Gasteiger partial charge is 0.330 e. The first-order chi connectivity index (χ1) is 47.7. The first-order valence-electron chi connectivity index (χ1n) is 31.6. The number of carbonyl (C=O) groups is 8. The summed E-state index contributed by atoms with van der Waals surface area (Å²) in [5.74, 6) is -16.0. The number of halogens is 3. The minimum Gasteiger partial charge on any atom is -0.508 e. The molecule has 33 nitrogen and oxygen atoms in total. The van der Waals surface area contributed by atoms with E-state index in [1.807, 2.05) is 13.8 Å². The number of hydrogen-bond donors (Lipinski definition) is 19. The number of nitrogens with one attached hydrogen (secondary N) is 7. The fourth-order valence-electron chi connectivity index (χ4n) is 12.5. The number of phenols is 3. The molecule has 2 unspecified atom stereocenters. The number of amides is 7. The van der Waals surface area contributed by atoms with Gasteiger partial charge in [-0.1, -0.05) is 55.2 Å². The van der Waals surface area contributed by atoms with Crippen molar-refractivity contribution >= 4 is 82.9 Å². The summed E-state index contributed by atoms with van der Waals surface area (Å²) in [5.41, 5.74) is 8.00. The van der Waals surface area contributed by atoms with Crippen LogP contribution >= 0.6 is 35.6 Å². The van der Waals surface area contributed by atoms with Gasteiger partial charge >= 0.3 is 5.97 Å². The summed E-state index contributed by atoms with van der Waals surface area (Å²) in [5, 5.41) is 131. The number of aliphatic carboxylic acids is 1. The summed E-state index contributed by atoms with van der Waals surface area (Å²) in [6.45, 7) is 5.66. The monoisotopic (exact) mass is 1480 g/mol. The van der Waals surface area contributed by atoms with Gasteiger partial charge in [-0.05, 0) is 110 Å². The number of aliphatic hydroxyl groups is 6. The quantitative estimate of drug-likeness (QED) is 0.0764. The Bertz CT molecular complexity index is 4080. The van der Waals surface area contributed by atoms with Crippen molar-refractivity contribution in [2.24, 2.45) is 17.4 Å². The van der Waals surface area contributed by atoms with Gasteiger partial charge in [-0.3, -0.25) is 33.6 Å². The molecule has 36 heteroatoms. The van der Waals surface area contributed by atoms with Crippen LogP contribution in [-0.4, -0.2) is 191 Å². The van der Waals surface area contributed by atoms with Crippen molar-refractivity contribution in [3.05, 3.63) is 117 Å². The highest BCUT2D eigenvalue weighted by atomic mass is 35.5. The lowest BCUT2D eigenvalue weighted by atomic mass is 9.86. The van der Waals surface area contributed by atoms with Crippen molar-refractivity contribution in [1.29, 1.82) is 0 Å². The number of hydrogen-bond acceptors (Lipinski definition) is 25. The van der Waals surface area contributed by atoms with E-state index in [9.17, 15) is 75.0 Å². The van der Waals surface area contributed by atoms with Crippen molar-refractivity contribution in [2.45, 2.75) is 156 Å². The van der Waals surface area contributed by atoms with Crippen LogP contribution in [0.1, 0.15) is 105 Å². The molecule has 5 aromatic rings. The number of benzene rings is 5. The number of carbonyl (C=O) groups excluding carboxylic acids is 7. The van der Waals surface area contributed by atoms with Gasteiger partial charge in [0.2, 0.25) is 53.4 Å². The second kappa shape index (κ2) is 31.4. The Hall–Kier alpha value is -8.91. The van der Waals surface area contributed by atoms with Gasteiger partial charge in [0, 0.05) is 34.7 Å².